The van der Waals surface area contributed by atoms with Gasteiger partial charge in [-0.15, -0.1) is 0 Å². The maximum atomic E-state index is 14.6. The van der Waals surface area contributed by atoms with Crippen LogP contribution < -0.4 is 11.1 Å². The first-order valence-corrected chi connectivity index (χ1v) is 7.01. The smallest absolute Gasteiger partial charge is 0.356 e. The van der Waals surface area contributed by atoms with Gasteiger partial charge >= 0.3 is 5.97 Å². The van der Waals surface area contributed by atoms with Gasteiger partial charge in [0.2, 0.25) is 0 Å². The number of hydrogen-bond donors (Lipinski definition) is 3. The van der Waals surface area contributed by atoms with E-state index in [0.717, 1.165) is 6.07 Å². The van der Waals surface area contributed by atoms with E-state index in [-0.39, 0.29) is 35.1 Å². The van der Waals surface area contributed by atoms with E-state index in [2.05, 4.69) is 10.3 Å². The molecular weight excluding hydrogens is 304 g/mol. The van der Waals surface area contributed by atoms with Crippen molar-refractivity contribution in [2.24, 2.45) is 0 Å². The largest absolute Gasteiger partial charge is 0.476 e. The molecular formula is C16H17F2N3O2. The summed E-state index contributed by atoms with van der Waals surface area (Å²) in [5.41, 5.74) is 4.80. The molecule has 0 saturated heterocycles. The number of aromatic nitrogens is 1. The molecule has 1 heterocycles. The van der Waals surface area contributed by atoms with Gasteiger partial charge in [-0.05, 0) is 18.2 Å². The predicted octanol–water partition coefficient (Wildman–Crippen LogP) is 2.81. The topological polar surface area (TPSA) is 88.2 Å². The van der Waals surface area contributed by atoms with Crippen molar-refractivity contribution in [2.75, 3.05) is 5.73 Å². The first kappa shape index (κ1) is 16.8. The van der Waals surface area contributed by atoms with Crippen LogP contribution in [0.3, 0.4) is 0 Å². The summed E-state index contributed by atoms with van der Waals surface area (Å²) < 4.78 is 28.7. The van der Waals surface area contributed by atoms with E-state index in [9.17, 15) is 13.6 Å². The molecule has 122 valence electrons. The van der Waals surface area contributed by atoms with E-state index in [0.29, 0.717) is 0 Å². The highest BCUT2D eigenvalue weighted by Crippen LogP contribution is 2.28. The second-order valence-corrected chi connectivity index (χ2v) is 5.37. The van der Waals surface area contributed by atoms with Crippen LogP contribution in [0.1, 0.15) is 29.9 Å². The van der Waals surface area contributed by atoms with E-state index < -0.39 is 23.3 Å². The second-order valence-electron chi connectivity index (χ2n) is 5.37. The average molecular weight is 321 g/mol. The Morgan fingerprint density at radius 3 is 2.61 bits per heavy atom. The van der Waals surface area contributed by atoms with Crippen LogP contribution in [0.2, 0.25) is 0 Å². The Kier molecular flexibility index (Phi) is 4.90. The first-order chi connectivity index (χ1) is 10.8. The number of rotatable bonds is 5. The maximum absolute atomic E-state index is 14.6. The van der Waals surface area contributed by atoms with Crippen LogP contribution >= 0.6 is 0 Å². The molecule has 0 atom stereocenters. The van der Waals surface area contributed by atoms with Crippen molar-refractivity contribution in [2.45, 2.75) is 26.4 Å². The molecule has 4 N–H and O–H groups in total. The van der Waals surface area contributed by atoms with E-state index in [4.69, 9.17) is 10.8 Å². The highest BCUT2D eigenvalue weighted by atomic mass is 19.1. The number of nitrogens with one attached hydrogen (secondary N) is 1. The van der Waals surface area contributed by atoms with Crippen molar-refractivity contribution >= 4 is 11.7 Å². The van der Waals surface area contributed by atoms with Crippen molar-refractivity contribution in [3.63, 3.8) is 0 Å². The van der Waals surface area contributed by atoms with E-state index in [1.54, 1.807) is 0 Å². The number of nitrogen functional groups attached to an aromatic ring is 1. The van der Waals surface area contributed by atoms with Gasteiger partial charge in [-0.25, -0.2) is 18.6 Å². The number of hydrogen-bond acceptors (Lipinski definition) is 4. The van der Waals surface area contributed by atoms with E-state index >= 15 is 0 Å². The summed E-state index contributed by atoms with van der Waals surface area (Å²) in [6.45, 7) is 4.03. The lowest BCUT2D eigenvalue weighted by Gasteiger charge is -2.12. The van der Waals surface area contributed by atoms with Gasteiger partial charge < -0.3 is 16.2 Å². The number of carboxylic acids is 1. The first-order valence-electron chi connectivity index (χ1n) is 7.01. The zero-order valence-electron chi connectivity index (χ0n) is 12.7. The fraction of sp³-hybridized carbons (Fsp3) is 0.250. The third kappa shape index (κ3) is 3.62. The third-order valence-corrected chi connectivity index (χ3v) is 3.26. The zero-order chi connectivity index (χ0) is 17.1. The Labute approximate surface area is 132 Å². The molecule has 1 aromatic heterocycles. The van der Waals surface area contributed by atoms with Crippen LogP contribution in [0.4, 0.5) is 14.5 Å². The molecule has 7 heteroatoms. The van der Waals surface area contributed by atoms with Crippen LogP contribution in [0, 0.1) is 11.6 Å². The van der Waals surface area contributed by atoms with Crippen molar-refractivity contribution < 1.29 is 18.7 Å². The standard InChI is InChI=1S/C16H17F2N3O2/c1-8(2)20-7-9-3-4-10(17)13(14(9)18)12-6-5-11(19)15(21-12)16(22)23/h3-6,8,20H,7,19H2,1-2H3,(H,22,23). The van der Waals surface area contributed by atoms with Crippen LogP contribution in [-0.4, -0.2) is 22.1 Å². The van der Waals surface area contributed by atoms with Gasteiger partial charge in [-0.1, -0.05) is 19.9 Å². The lowest BCUT2D eigenvalue weighted by Crippen LogP contribution is -2.22. The highest BCUT2D eigenvalue weighted by molar-refractivity contribution is 5.92. The number of halogens is 2. The number of carboxylic acid groups (broad SMARTS) is 1. The second kappa shape index (κ2) is 6.70. The molecule has 0 spiro atoms. The van der Waals surface area contributed by atoms with Crippen LogP contribution in [-0.2, 0) is 6.54 Å². The highest BCUT2D eigenvalue weighted by Gasteiger charge is 2.19. The lowest BCUT2D eigenvalue weighted by atomic mass is 10.0. The summed E-state index contributed by atoms with van der Waals surface area (Å²) in [7, 11) is 0. The minimum Gasteiger partial charge on any atom is -0.476 e. The van der Waals surface area contributed by atoms with Crippen LogP contribution in [0.15, 0.2) is 24.3 Å². The lowest BCUT2D eigenvalue weighted by molar-refractivity contribution is 0.0692. The van der Waals surface area contributed by atoms with Gasteiger partial charge in [-0.2, -0.15) is 0 Å². The third-order valence-electron chi connectivity index (χ3n) is 3.26. The Morgan fingerprint density at radius 2 is 2.00 bits per heavy atom. The van der Waals surface area contributed by atoms with Gasteiger partial charge in [0.1, 0.15) is 11.6 Å². The van der Waals surface area contributed by atoms with Gasteiger partial charge in [0.25, 0.3) is 0 Å². The Hall–Kier alpha value is -2.54. The molecule has 0 aliphatic heterocycles. The van der Waals surface area contributed by atoms with Crippen molar-refractivity contribution in [1.29, 1.82) is 0 Å². The molecule has 0 radical (unpaired) electrons. The molecule has 0 unspecified atom stereocenters. The van der Waals surface area contributed by atoms with Gasteiger partial charge in [-0.3, -0.25) is 0 Å². The minimum absolute atomic E-state index is 0.0697. The molecule has 0 aliphatic rings. The molecule has 0 saturated carbocycles. The fourth-order valence-corrected chi connectivity index (χ4v) is 2.06. The number of benzene rings is 1. The molecule has 1 aromatic carbocycles. The predicted molar refractivity (Wildman–Crippen MR) is 82.9 cm³/mol. The van der Waals surface area contributed by atoms with Crippen LogP contribution in [0.5, 0.6) is 0 Å². The van der Waals surface area contributed by atoms with Gasteiger partial charge in [0.15, 0.2) is 5.69 Å². The zero-order valence-corrected chi connectivity index (χ0v) is 12.7. The summed E-state index contributed by atoms with van der Waals surface area (Å²) >= 11 is 0. The normalized spacial score (nSPS) is 11.0. The van der Waals surface area contributed by atoms with Crippen LogP contribution in [0.25, 0.3) is 11.3 Å². The summed E-state index contributed by atoms with van der Waals surface area (Å²) in [4.78, 5) is 14.9. The number of pyridine rings is 1. The van der Waals surface area contributed by atoms with Gasteiger partial charge in [0.05, 0.1) is 16.9 Å². The maximum Gasteiger partial charge on any atom is 0.356 e. The number of nitrogens with two attached hydrogens (primary N) is 1. The van der Waals surface area contributed by atoms with Crippen molar-refractivity contribution in [3.05, 3.63) is 47.2 Å². The Balaban J connectivity index is 2.52. The fourth-order valence-electron chi connectivity index (χ4n) is 2.06. The summed E-state index contributed by atoms with van der Waals surface area (Å²) in [5.74, 6) is -2.95. The Bertz CT molecular complexity index is 748. The van der Waals surface area contributed by atoms with Crippen molar-refractivity contribution in [3.8, 4) is 11.3 Å². The van der Waals surface area contributed by atoms with E-state index in [1.807, 2.05) is 13.8 Å². The molecule has 0 amide bonds. The van der Waals surface area contributed by atoms with E-state index in [1.165, 1.54) is 18.2 Å². The number of nitrogens with zero attached hydrogens (tertiary/aromatic N) is 1. The summed E-state index contributed by atoms with van der Waals surface area (Å²) in [5, 5.41) is 12.1. The molecule has 2 aromatic rings. The molecule has 5 nitrogen and oxygen atoms in total. The van der Waals surface area contributed by atoms with Gasteiger partial charge in [0, 0.05) is 18.2 Å². The summed E-state index contributed by atoms with van der Waals surface area (Å²) in [6.07, 6.45) is 0. The number of carbonyl (C=O) groups is 1. The Morgan fingerprint density at radius 1 is 1.30 bits per heavy atom. The quantitative estimate of drug-likeness (QED) is 0.788. The molecule has 0 fully saturated rings. The number of anilines is 1. The number of aromatic carboxylic acids is 1. The SMILES string of the molecule is CC(C)NCc1ccc(F)c(-c2ccc(N)c(C(=O)O)n2)c1F. The molecule has 23 heavy (non-hydrogen) atoms. The minimum atomic E-state index is -1.36. The molecule has 0 aliphatic carbocycles. The van der Waals surface area contributed by atoms with Crippen molar-refractivity contribution in [1.82, 2.24) is 10.3 Å². The summed E-state index contributed by atoms with van der Waals surface area (Å²) in [6, 6.07) is 5.18. The average Bonchev–Trinajstić information content (AvgIpc) is 2.47. The molecule has 0 bridgehead atoms. The molecule has 2 rings (SSSR count). The monoisotopic (exact) mass is 321 g/mol.